The van der Waals surface area contributed by atoms with Crippen LogP contribution in [0.2, 0.25) is 5.02 Å². The number of thioether (sulfide) groups is 1. The molecule has 7 rings (SSSR count). The lowest BCUT2D eigenvalue weighted by molar-refractivity contribution is -0.123. The van der Waals surface area contributed by atoms with Crippen molar-refractivity contribution in [3.05, 3.63) is 79.5 Å². The van der Waals surface area contributed by atoms with Gasteiger partial charge < -0.3 is 4.98 Å². The number of H-pyrrole nitrogens is 1. The third-order valence-corrected chi connectivity index (χ3v) is 10.9. The maximum absolute atomic E-state index is 13.6. The Morgan fingerprint density at radius 1 is 0.941 bits per heavy atom. The zero-order valence-corrected chi connectivity index (χ0v) is 20.0. The van der Waals surface area contributed by atoms with E-state index in [-0.39, 0.29) is 57.4 Å². The molecule has 2 bridgehead atoms. The highest BCUT2D eigenvalue weighted by molar-refractivity contribution is 8.00. The van der Waals surface area contributed by atoms with Gasteiger partial charge in [0.1, 0.15) is 5.82 Å². The number of halogens is 2. The van der Waals surface area contributed by atoms with Gasteiger partial charge in [-0.25, -0.2) is 4.39 Å². The van der Waals surface area contributed by atoms with Crippen LogP contribution in [-0.2, 0) is 9.59 Å². The van der Waals surface area contributed by atoms with E-state index in [1.54, 1.807) is 11.8 Å². The van der Waals surface area contributed by atoms with E-state index >= 15 is 0 Å². The zero-order valence-electron chi connectivity index (χ0n) is 17.6. The van der Waals surface area contributed by atoms with Crippen LogP contribution < -0.4 is 9.77 Å². The van der Waals surface area contributed by atoms with Crippen molar-refractivity contribution >= 4 is 52.2 Å². The van der Waals surface area contributed by atoms with Crippen LogP contribution in [0.5, 0.6) is 0 Å². The van der Waals surface area contributed by atoms with Gasteiger partial charge in [-0.3, -0.25) is 19.3 Å². The number of nitrogens with zero attached hydrogens (tertiary/aromatic N) is 1. The summed E-state index contributed by atoms with van der Waals surface area (Å²) < 4.78 is 13.5. The number of aromatic amines is 1. The summed E-state index contributed by atoms with van der Waals surface area (Å²) in [7, 11) is 0. The maximum atomic E-state index is 13.6. The van der Waals surface area contributed by atoms with Crippen LogP contribution in [0, 0.1) is 35.4 Å². The quantitative estimate of drug-likeness (QED) is 0.495. The fourth-order valence-corrected chi connectivity index (χ4v) is 9.92. The Morgan fingerprint density at radius 3 is 2.32 bits per heavy atom. The number of nitrogens with one attached hydrogen (secondary N) is 1. The second-order valence-electron chi connectivity index (χ2n) is 9.50. The monoisotopic (exact) mass is 512 g/mol. The molecule has 2 aliphatic carbocycles. The van der Waals surface area contributed by atoms with Crippen LogP contribution in [0.25, 0.3) is 0 Å². The number of carbonyl (C=O) groups is 2. The van der Waals surface area contributed by atoms with Crippen molar-refractivity contribution in [1.82, 2.24) is 4.98 Å². The minimum absolute atomic E-state index is 0.0267. The van der Waals surface area contributed by atoms with Crippen molar-refractivity contribution in [2.24, 2.45) is 29.6 Å². The van der Waals surface area contributed by atoms with Gasteiger partial charge in [-0.15, -0.1) is 11.8 Å². The summed E-state index contributed by atoms with van der Waals surface area (Å²) in [6, 6.07) is 13.3. The fraction of sp³-hybridized carbons (Fsp3) is 0.320. The first-order valence-electron chi connectivity index (χ1n) is 11.2. The molecule has 2 aromatic carbocycles. The molecule has 5 nitrogen and oxygen atoms in total. The molecule has 3 aromatic rings. The lowest BCUT2D eigenvalue weighted by atomic mass is 9.68. The van der Waals surface area contributed by atoms with E-state index in [1.807, 2.05) is 24.3 Å². The average molecular weight is 513 g/mol. The molecule has 1 N–H and O–H groups in total. The minimum atomic E-state index is -0.406. The molecule has 2 amide bonds. The molecule has 1 aromatic heterocycles. The van der Waals surface area contributed by atoms with Crippen molar-refractivity contribution in [3.63, 3.8) is 0 Å². The van der Waals surface area contributed by atoms with Crippen LogP contribution in [-0.4, -0.2) is 22.0 Å². The van der Waals surface area contributed by atoms with Crippen LogP contribution in [0.1, 0.15) is 22.8 Å². The normalized spacial score (nSPS) is 33.2. The number of anilines is 1. The van der Waals surface area contributed by atoms with Crippen molar-refractivity contribution in [2.45, 2.75) is 22.6 Å². The van der Waals surface area contributed by atoms with Crippen molar-refractivity contribution in [1.29, 1.82) is 0 Å². The first-order chi connectivity index (χ1) is 16.4. The summed E-state index contributed by atoms with van der Waals surface area (Å²) in [5.74, 6) is -1.30. The minimum Gasteiger partial charge on any atom is -0.307 e. The summed E-state index contributed by atoms with van der Waals surface area (Å²) in [4.78, 5) is 44.6. The highest BCUT2D eigenvalue weighted by Gasteiger charge is 2.69. The highest BCUT2D eigenvalue weighted by Crippen LogP contribution is 2.68. The van der Waals surface area contributed by atoms with Gasteiger partial charge in [0.05, 0.1) is 22.5 Å². The molecule has 172 valence electrons. The number of hydrogen-bond donors (Lipinski definition) is 1. The number of amides is 2. The predicted octanol–water partition coefficient (Wildman–Crippen LogP) is 4.91. The molecule has 7 atom stereocenters. The highest BCUT2D eigenvalue weighted by atomic mass is 35.5. The Kier molecular flexibility index (Phi) is 4.48. The molecule has 0 radical (unpaired) electrons. The van der Waals surface area contributed by atoms with Crippen LogP contribution >= 0.6 is 34.7 Å². The van der Waals surface area contributed by atoms with E-state index < -0.39 is 5.82 Å². The zero-order chi connectivity index (χ0) is 23.3. The fourth-order valence-electron chi connectivity index (χ4n) is 6.90. The Bertz CT molecular complexity index is 1400. The summed E-state index contributed by atoms with van der Waals surface area (Å²) in [5.41, 5.74) is 1.51. The van der Waals surface area contributed by atoms with Gasteiger partial charge in [0, 0.05) is 21.1 Å². The molecular formula is C25H18ClFN2O3S2. The van der Waals surface area contributed by atoms with Crippen LogP contribution in [0.4, 0.5) is 10.1 Å². The summed E-state index contributed by atoms with van der Waals surface area (Å²) >= 11 is 9.05. The van der Waals surface area contributed by atoms with Crippen molar-refractivity contribution in [2.75, 3.05) is 4.90 Å². The molecule has 2 saturated carbocycles. The van der Waals surface area contributed by atoms with E-state index in [9.17, 15) is 18.8 Å². The Labute approximate surface area is 207 Å². The molecule has 3 fully saturated rings. The summed E-state index contributed by atoms with van der Waals surface area (Å²) in [6.45, 7) is 0. The Morgan fingerprint density at radius 2 is 1.62 bits per heavy atom. The van der Waals surface area contributed by atoms with Crippen molar-refractivity contribution in [3.8, 4) is 0 Å². The molecule has 0 spiro atoms. The number of benzene rings is 2. The lowest BCUT2D eigenvalue weighted by Gasteiger charge is -2.43. The van der Waals surface area contributed by atoms with Crippen LogP contribution in [0.3, 0.4) is 0 Å². The van der Waals surface area contributed by atoms with E-state index in [4.69, 9.17) is 11.6 Å². The molecule has 3 heterocycles. The number of carbonyl (C=O) groups excluding carboxylic acids is 2. The second-order valence-corrected chi connectivity index (χ2v) is 12.1. The maximum Gasteiger partial charge on any atom is 0.305 e. The van der Waals surface area contributed by atoms with Gasteiger partial charge in [0.25, 0.3) is 0 Å². The number of aromatic nitrogens is 1. The number of imide groups is 1. The number of thiazole rings is 1. The van der Waals surface area contributed by atoms with E-state index in [0.717, 1.165) is 21.9 Å². The van der Waals surface area contributed by atoms with Gasteiger partial charge in [-0.1, -0.05) is 35.1 Å². The topological polar surface area (TPSA) is 70.2 Å². The number of fused-ring (bicyclic) bond motifs is 9. The number of rotatable bonds is 2. The molecule has 34 heavy (non-hydrogen) atoms. The predicted molar refractivity (Wildman–Crippen MR) is 129 cm³/mol. The third kappa shape index (κ3) is 2.76. The van der Waals surface area contributed by atoms with E-state index in [2.05, 4.69) is 4.98 Å². The summed E-state index contributed by atoms with van der Waals surface area (Å²) in [6.07, 6.45) is 0.829. The molecule has 1 saturated heterocycles. The van der Waals surface area contributed by atoms with Crippen molar-refractivity contribution < 1.29 is 14.0 Å². The van der Waals surface area contributed by atoms with E-state index in [1.165, 1.54) is 40.5 Å². The SMILES string of the molecule is O=C1C2C3CC(C2C(=O)N1c1ccc(F)cc1)C1C3Sc2[nH]c(=O)sc2[C@@H]1c1ccc(Cl)cc1. The molecule has 2 aliphatic heterocycles. The molecule has 9 heteroatoms. The van der Waals surface area contributed by atoms with Gasteiger partial charge in [0.15, 0.2) is 0 Å². The standard InChI is InChI=1S/C25H18ClFN2O3S2/c26-11-3-1-10(2-4-11)16-17-14-9-15(20(17)33-22-21(16)34-25(32)28-22)19-18(14)23(30)29(24(19)31)13-7-5-12(27)6-8-13/h1-8,14-20H,9H2,(H,28,32)/t14?,15?,16-,17?,18?,19?,20?/m1/s1. The average Bonchev–Trinajstić information content (AvgIpc) is 3.54. The largest absolute Gasteiger partial charge is 0.307 e. The van der Waals surface area contributed by atoms with E-state index in [0.29, 0.717) is 10.7 Å². The van der Waals surface area contributed by atoms with Gasteiger partial charge >= 0.3 is 4.87 Å². The first-order valence-corrected chi connectivity index (χ1v) is 13.3. The smallest absolute Gasteiger partial charge is 0.305 e. The van der Waals surface area contributed by atoms with Gasteiger partial charge in [-0.2, -0.15) is 0 Å². The lowest BCUT2D eigenvalue weighted by Crippen LogP contribution is -2.42. The molecule has 4 aliphatic rings. The first kappa shape index (κ1) is 20.9. The Hall–Kier alpha value is -2.42. The Balaban J connectivity index is 1.32. The summed E-state index contributed by atoms with van der Waals surface area (Å²) in [5, 5.41) is 1.66. The van der Waals surface area contributed by atoms with Gasteiger partial charge in [0.2, 0.25) is 11.8 Å². The molecule has 6 unspecified atom stereocenters. The van der Waals surface area contributed by atoms with Gasteiger partial charge in [-0.05, 0) is 66.1 Å². The molecular weight excluding hydrogens is 495 g/mol. The number of hydrogen-bond acceptors (Lipinski definition) is 5. The third-order valence-electron chi connectivity index (χ3n) is 8.04. The second kappa shape index (κ2) is 7.29. The van der Waals surface area contributed by atoms with Crippen LogP contribution in [0.15, 0.2) is 58.4 Å².